The van der Waals surface area contributed by atoms with Gasteiger partial charge in [-0.25, -0.2) is 17.8 Å². The fraction of sp³-hybridized carbons (Fsp3) is 0.0526. The summed E-state index contributed by atoms with van der Waals surface area (Å²) in [6.45, 7) is 0. The molecule has 1 N–H and O–H groups in total. The number of thiazole rings is 1. The second-order valence-corrected chi connectivity index (χ2v) is 8.95. The Balaban J connectivity index is 1.67. The Labute approximate surface area is 172 Å². The first-order valence-electron chi connectivity index (χ1n) is 8.42. The van der Waals surface area contributed by atoms with Crippen molar-refractivity contribution in [3.05, 3.63) is 71.5 Å². The van der Waals surface area contributed by atoms with E-state index in [1.807, 2.05) is 0 Å². The molecule has 6 nitrogen and oxygen atoms in total. The molecular formula is C19H12F3N3O3S2. The molecule has 1 amide bonds. The van der Waals surface area contributed by atoms with Gasteiger partial charge in [-0.05, 0) is 48.5 Å². The second kappa shape index (κ2) is 7.58. The minimum Gasteiger partial charge on any atom is -0.306 e. The molecule has 0 fully saturated rings. The van der Waals surface area contributed by atoms with Crippen molar-refractivity contribution in [1.29, 1.82) is 0 Å². The van der Waals surface area contributed by atoms with Gasteiger partial charge in [0.05, 0.1) is 4.90 Å². The van der Waals surface area contributed by atoms with Crippen molar-refractivity contribution in [3.8, 4) is 11.3 Å². The quantitative estimate of drug-likeness (QED) is 0.486. The Morgan fingerprint density at radius 1 is 1.07 bits per heavy atom. The van der Waals surface area contributed by atoms with Gasteiger partial charge in [0.2, 0.25) is 9.84 Å². The lowest BCUT2D eigenvalue weighted by molar-refractivity contribution is 0.102. The van der Waals surface area contributed by atoms with Gasteiger partial charge in [-0.15, -0.1) is 11.3 Å². The van der Waals surface area contributed by atoms with Crippen LogP contribution in [-0.4, -0.2) is 29.5 Å². The van der Waals surface area contributed by atoms with Crippen LogP contribution in [0.3, 0.4) is 0 Å². The van der Waals surface area contributed by atoms with Crippen LogP contribution in [-0.2, 0) is 9.84 Å². The van der Waals surface area contributed by atoms with Crippen LogP contribution in [0.5, 0.6) is 0 Å². The lowest BCUT2D eigenvalue weighted by atomic mass is 10.1. The predicted molar refractivity (Wildman–Crippen MR) is 106 cm³/mol. The van der Waals surface area contributed by atoms with Gasteiger partial charge in [-0.1, -0.05) is 0 Å². The maximum atomic E-state index is 13.3. The topological polar surface area (TPSA) is 80.5 Å². The molecule has 0 aliphatic carbocycles. The Morgan fingerprint density at radius 2 is 1.73 bits per heavy atom. The molecule has 4 rings (SSSR count). The summed E-state index contributed by atoms with van der Waals surface area (Å²) in [5, 5.41) is 4.48. The van der Waals surface area contributed by atoms with Gasteiger partial charge < -0.3 is 5.32 Å². The largest absolute Gasteiger partial charge is 0.341 e. The zero-order valence-electron chi connectivity index (χ0n) is 14.9. The van der Waals surface area contributed by atoms with Crippen LogP contribution in [0.2, 0.25) is 0 Å². The smallest absolute Gasteiger partial charge is 0.306 e. The summed E-state index contributed by atoms with van der Waals surface area (Å²) in [5.41, 5.74) is 1.08. The van der Waals surface area contributed by atoms with E-state index in [0.717, 1.165) is 24.3 Å². The summed E-state index contributed by atoms with van der Waals surface area (Å²) < 4.78 is 63.3. The van der Waals surface area contributed by atoms with Crippen molar-refractivity contribution in [3.63, 3.8) is 0 Å². The normalized spacial score (nSPS) is 11.9. The van der Waals surface area contributed by atoms with Gasteiger partial charge in [-0.2, -0.15) is 8.78 Å². The summed E-state index contributed by atoms with van der Waals surface area (Å²) >= 11 is 1.34. The Bertz CT molecular complexity index is 1330. The number of alkyl halides is 2. The highest BCUT2D eigenvalue weighted by Crippen LogP contribution is 2.31. The number of aromatic nitrogens is 2. The van der Waals surface area contributed by atoms with Crippen LogP contribution in [0.1, 0.15) is 10.4 Å². The van der Waals surface area contributed by atoms with Gasteiger partial charge >= 0.3 is 5.76 Å². The average Bonchev–Trinajstić information content (AvgIpc) is 3.31. The average molecular weight is 451 g/mol. The molecule has 0 aliphatic heterocycles. The number of nitrogens with one attached hydrogen (secondary N) is 1. The number of fused-ring (bicyclic) bond motifs is 1. The number of carbonyl (C=O) groups is 1. The lowest BCUT2D eigenvalue weighted by Gasteiger charge is -2.08. The van der Waals surface area contributed by atoms with E-state index < -0.39 is 32.2 Å². The van der Waals surface area contributed by atoms with E-state index in [0.29, 0.717) is 22.0 Å². The third-order valence-electron chi connectivity index (χ3n) is 4.29. The number of amides is 1. The molecule has 30 heavy (non-hydrogen) atoms. The van der Waals surface area contributed by atoms with E-state index in [4.69, 9.17) is 0 Å². The lowest BCUT2D eigenvalue weighted by Crippen LogP contribution is -2.15. The Hall–Kier alpha value is -3.18. The molecule has 0 unspecified atom stereocenters. The molecular weight excluding hydrogens is 439 g/mol. The molecule has 11 heteroatoms. The highest BCUT2D eigenvalue weighted by atomic mass is 32.2. The van der Waals surface area contributed by atoms with E-state index in [9.17, 15) is 26.4 Å². The summed E-state index contributed by atoms with van der Waals surface area (Å²) in [4.78, 5) is 17.2. The number of imidazole rings is 1. The van der Waals surface area contributed by atoms with Gasteiger partial charge in [0.1, 0.15) is 17.3 Å². The highest BCUT2D eigenvalue weighted by Gasteiger charge is 2.26. The molecule has 0 spiro atoms. The fourth-order valence-corrected chi connectivity index (χ4v) is 4.23. The van der Waals surface area contributed by atoms with Gasteiger partial charge in [0.25, 0.3) is 5.91 Å². The summed E-state index contributed by atoms with van der Waals surface area (Å²) in [5.74, 6) is -4.21. The van der Waals surface area contributed by atoms with Crippen molar-refractivity contribution in [2.75, 3.05) is 5.32 Å². The number of nitrogens with zero attached hydrogens (tertiary/aromatic N) is 2. The number of hydrogen-bond acceptors (Lipinski definition) is 5. The molecule has 0 atom stereocenters. The standard InChI is InChI=1S/C19H12F3N3O3S2/c20-13-5-1-11(2-6-13)15-16(25-9-10-29-19(25)23-15)24-17(26)12-3-7-14(8-4-12)30(27,28)18(21)22/h1-10,18H,(H,24,26). The van der Waals surface area contributed by atoms with E-state index in [2.05, 4.69) is 10.3 Å². The number of halogens is 3. The number of carbonyl (C=O) groups excluding carboxylic acids is 1. The molecule has 0 saturated heterocycles. The molecule has 0 aliphatic rings. The first-order chi connectivity index (χ1) is 14.3. The molecule has 154 valence electrons. The second-order valence-electron chi connectivity index (χ2n) is 6.16. The van der Waals surface area contributed by atoms with Crippen LogP contribution in [0.15, 0.2) is 65.0 Å². The molecule has 0 bridgehead atoms. The van der Waals surface area contributed by atoms with Crippen molar-refractivity contribution < 1.29 is 26.4 Å². The SMILES string of the molecule is O=C(Nc1c(-c2ccc(F)cc2)nc2sccn12)c1ccc(S(=O)(=O)C(F)F)cc1. The van der Waals surface area contributed by atoms with Gasteiger partial charge in [-0.3, -0.25) is 9.20 Å². The molecule has 2 aromatic heterocycles. The zero-order chi connectivity index (χ0) is 21.5. The van der Waals surface area contributed by atoms with Crippen molar-refractivity contribution in [2.45, 2.75) is 10.7 Å². The maximum absolute atomic E-state index is 13.3. The van der Waals surface area contributed by atoms with E-state index in [1.54, 1.807) is 16.0 Å². The summed E-state index contributed by atoms with van der Waals surface area (Å²) in [7, 11) is -4.75. The number of sulfone groups is 1. The van der Waals surface area contributed by atoms with Crippen LogP contribution >= 0.6 is 11.3 Å². The van der Waals surface area contributed by atoms with Crippen LogP contribution < -0.4 is 5.32 Å². The molecule has 0 saturated carbocycles. The van der Waals surface area contributed by atoms with E-state index in [-0.39, 0.29) is 5.56 Å². The number of hydrogen-bond donors (Lipinski definition) is 1. The maximum Gasteiger partial charge on any atom is 0.341 e. The van der Waals surface area contributed by atoms with E-state index in [1.165, 1.54) is 35.6 Å². The predicted octanol–water partition coefficient (Wildman–Crippen LogP) is 4.45. The van der Waals surface area contributed by atoms with Crippen molar-refractivity contribution in [2.24, 2.45) is 0 Å². The van der Waals surface area contributed by atoms with Crippen LogP contribution in [0.25, 0.3) is 16.2 Å². The number of rotatable bonds is 5. The van der Waals surface area contributed by atoms with Crippen LogP contribution in [0, 0.1) is 5.82 Å². The Morgan fingerprint density at radius 3 is 2.37 bits per heavy atom. The minimum absolute atomic E-state index is 0.0680. The molecule has 2 aromatic carbocycles. The van der Waals surface area contributed by atoms with E-state index >= 15 is 0 Å². The summed E-state index contributed by atoms with van der Waals surface area (Å²) in [6, 6.07) is 9.81. The van der Waals surface area contributed by atoms with Gasteiger partial charge in [0, 0.05) is 22.7 Å². The summed E-state index contributed by atoms with van der Waals surface area (Å²) in [6.07, 6.45) is 1.70. The third-order valence-corrected chi connectivity index (χ3v) is 6.45. The molecule has 4 aromatic rings. The first kappa shape index (κ1) is 20.1. The monoisotopic (exact) mass is 451 g/mol. The van der Waals surface area contributed by atoms with Crippen LogP contribution in [0.4, 0.5) is 19.0 Å². The zero-order valence-corrected chi connectivity index (χ0v) is 16.6. The number of anilines is 1. The first-order valence-corrected chi connectivity index (χ1v) is 10.8. The number of benzene rings is 2. The van der Waals surface area contributed by atoms with Crippen molar-refractivity contribution >= 4 is 37.9 Å². The highest BCUT2D eigenvalue weighted by molar-refractivity contribution is 7.91. The van der Waals surface area contributed by atoms with Gasteiger partial charge in [0.15, 0.2) is 4.96 Å². The third kappa shape index (κ3) is 3.57. The molecule has 2 heterocycles. The Kier molecular flexibility index (Phi) is 5.08. The van der Waals surface area contributed by atoms with Crippen molar-refractivity contribution in [1.82, 2.24) is 9.38 Å². The minimum atomic E-state index is -4.75. The fourth-order valence-electron chi connectivity index (χ4n) is 2.79. The molecule has 0 radical (unpaired) electrons.